The van der Waals surface area contributed by atoms with Crippen LogP contribution in [0.3, 0.4) is 0 Å². The number of hydrogen-bond donors (Lipinski definition) is 3. The second kappa shape index (κ2) is 10.2. The summed E-state index contributed by atoms with van der Waals surface area (Å²) >= 11 is 9.49. The van der Waals surface area contributed by atoms with Gasteiger partial charge >= 0.3 is 6.09 Å². The number of anilines is 1. The average Bonchev–Trinajstić information content (AvgIpc) is 3.19. The van der Waals surface area contributed by atoms with Gasteiger partial charge in [-0.3, -0.25) is 15.0 Å². The summed E-state index contributed by atoms with van der Waals surface area (Å²) in [5.41, 5.74) is 5.63. The van der Waals surface area contributed by atoms with Crippen molar-refractivity contribution < 1.29 is 19.1 Å². The van der Waals surface area contributed by atoms with E-state index >= 15 is 0 Å². The fourth-order valence-electron chi connectivity index (χ4n) is 2.84. The second-order valence-electron chi connectivity index (χ2n) is 6.29. The van der Waals surface area contributed by atoms with E-state index < -0.39 is 17.9 Å². The fraction of sp³-hybridized carbons (Fsp3) is 0.150. The molecule has 0 saturated heterocycles. The molecule has 1 aromatic carbocycles. The minimum absolute atomic E-state index is 0.141. The fourth-order valence-corrected chi connectivity index (χ4v) is 3.42. The zero-order chi connectivity index (χ0) is 23.3. The van der Waals surface area contributed by atoms with Crippen LogP contribution in [0.4, 0.5) is 10.5 Å². The Bertz CT molecular complexity index is 1180. The van der Waals surface area contributed by atoms with Gasteiger partial charge in [-0.2, -0.15) is 5.10 Å². The van der Waals surface area contributed by atoms with Crippen LogP contribution in [0.25, 0.3) is 5.82 Å². The van der Waals surface area contributed by atoms with Crippen molar-refractivity contribution in [2.45, 2.75) is 13.3 Å². The van der Waals surface area contributed by atoms with Crippen molar-refractivity contribution in [1.82, 2.24) is 25.6 Å². The molecule has 3 aromatic rings. The van der Waals surface area contributed by atoms with Crippen molar-refractivity contribution in [2.24, 2.45) is 0 Å². The Morgan fingerprint density at radius 2 is 1.94 bits per heavy atom. The van der Waals surface area contributed by atoms with E-state index in [0.29, 0.717) is 27.3 Å². The summed E-state index contributed by atoms with van der Waals surface area (Å²) in [7, 11) is 1.17. The number of hydrazine groups is 1. The highest BCUT2D eigenvalue weighted by atomic mass is 79.9. The molecule has 0 aliphatic carbocycles. The molecule has 2 heterocycles. The van der Waals surface area contributed by atoms with Gasteiger partial charge in [0.05, 0.1) is 23.4 Å². The van der Waals surface area contributed by atoms with Crippen LogP contribution >= 0.6 is 27.5 Å². The van der Waals surface area contributed by atoms with Crippen molar-refractivity contribution in [3.63, 3.8) is 0 Å². The van der Waals surface area contributed by atoms with Gasteiger partial charge in [0.2, 0.25) is 0 Å². The van der Waals surface area contributed by atoms with E-state index in [-0.39, 0.29) is 17.1 Å². The van der Waals surface area contributed by atoms with Crippen LogP contribution in [-0.4, -0.2) is 39.8 Å². The number of carbonyl (C=O) groups excluding carboxylic acids is 3. The number of pyridine rings is 1. The van der Waals surface area contributed by atoms with E-state index in [0.717, 1.165) is 0 Å². The molecule has 0 spiro atoms. The standard InChI is InChI=1S/C20H18BrClN6O4/c1-3-11-6-4-7-12(18(29)25-26-20(31)32-2)16(11)24-19(30)14-10-15(21)27-28(14)17-13(22)8-5-9-23-17/h4-10H,3H2,1-2H3,(H,24,30)(H,25,29)(H,26,31). The van der Waals surface area contributed by atoms with Gasteiger partial charge < -0.3 is 10.1 Å². The molecule has 0 saturated carbocycles. The number of nitrogens with one attached hydrogen (secondary N) is 3. The molecule has 3 N–H and O–H groups in total. The van der Waals surface area contributed by atoms with Gasteiger partial charge in [0.15, 0.2) is 5.82 Å². The highest BCUT2D eigenvalue weighted by Gasteiger charge is 2.22. The number of aromatic nitrogens is 3. The zero-order valence-electron chi connectivity index (χ0n) is 17.0. The number of ether oxygens (including phenoxy) is 1. The van der Waals surface area contributed by atoms with Gasteiger partial charge in [-0.25, -0.2) is 19.9 Å². The maximum Gasteiger partial charge on any atom is 0.425 e. The number of para-hydroxylation sites is 1. The number of carbonyl (C=O) groups is 3. The van der Waals surface area contributed by atoms with Crippen molar-refractivity contribution in [3.8, 4) is 5.82 Å². The third-order valence-electron chi connectivity index (χ3n) is 4.33. The molecule has 32 heavy (non-hydrogen) atoms. The number of hydrogen-bond acceptors (Lipinski definition) is 6. The number of nitrogens with zero attached hydrogens (tertiary/aromatic N) is 3. The van der Waals surface area contributed by atoms with Crippen LogP contribution in [-0.2, 0) is 11.2 Å². The van der Waals surface area contributed by atoms with Crippen LogP contribution in [0.2, 0.25) is 5.02 Å². The normalized spacial score (nSPS) is 10.4. The number of aryl methyl sites for hydroxylation is 1. The van der Waals surface area contributed by atoms with Gasteiger partial charge in [-0.1, -0.05) is 30.7 Å². The number of methoxy groups -OCH3 is 1. The first kappa shape index (κ1) is 23.2. The molecular weight excluding hydrogens is 504 g/mol. The van der Waals surface area contributed by atoms with Crippen LogP contribution < -0.4 is 16.2 Å². The monoisotopic (exact) mass is 520 g/mol. The highest BCUT2D eigenvalue weighted by Crippen LogP contribution is 2.25. The Hall–Kier alpha value is -3.44. The Kier molecular flexibility index (Phi) is 7.44. The molecule has 0 aliphatic heterocycles. The van der Waals surface area contributed by atoms with E-state index in [2.05, 4.69) is 46.9 Å². The largest absolute Gasteiger partial charge is 0.452 e. The van der Waals surface area contributed by atoms with Crippen LogP contribution in [0.1, 0.15) is 33.3 Å². The van der Waals surface area contributed by atoms with Gasteiger partial charge in [0, 0.05) is 12.3 Å². The number of benzene rings is 1. The Morgan fingerprint density at radius 1 is 1.16 bits per heavy atom. The summed E-state index contributed by atoms with van der Waals surface area (Å²) in [5, 5.41) is 7.33. The molecule has 12 heteroatoms. The molecule has 10 nitrogen and oxygen atoms in total. The Morgan fingerprint density at radius 3 is 2.62 bits per heavy atom. The lowest BCUT2D eigenvalue weighted by Gasteiger charge is -2.16. The maximum atomic E-state index is 13.2. The van der Waals surface area contributed by atoms with E-state index in [1.807, 2.05) is 6.92 Å². The average molecular weight is 522 g/mol. The van der Waals surface area contributed by atoms with E-state index in [4.69, 9.17) is 11.6 Å². The van der Waals surface area contributed by atoms with E-state index in [1.165, 1.54) is 30.1 Å². The van der Waals surface area contributed by atoms with Crippen LogP contribution in [0.5, 0.6) is 0 Å². The van der Waals surface area contributed by atoms with Crippen molar-refractivity contribution >= 4 is 51.1 Å². The summed E-state index contributed by atoms with van der Waals surface area (Å²) in [4.78, 5) is 41.3. The predicted octanol–water partition coefficient (Wildman–Crippen LogP) is 3.50. The van der Waals surface area contributed by atoms with Crippen molar-refractivity contribution in [1.29, 1.82) is 0 Å². The molecule has 2 aromatic heterocycles. The molecule has 0 bridgehead atoms. The number of amides is 3. The first-order valence-corrected chi connectivity index (χ1v) is 10.5. The van der Waals surface area contributed by atoms with Gasteiger partial charge in [-0.15, -0.1) is 0 Å². The topological polar surface area (TPSA) is 127 Å². The predicted molar refractivity (Wildman–Crippen MR) is 121 cm³/mol. The summed E-state index contributed by atoms with van der Waals surface area (Å²) in [5.74, 6) is -0.904. The smallest absolute Gasteiger partial charge is 0.425 e. The minimum Gasteiger partial charge on any atom is -0.452 e. The molecule has 0 aliphatic rings. The molecule has 0 atom stereocenters. The van der Waals surface area contributed by atoms with Crippen molar-refractivity contribution in [2.75, 3.05) is 12.4 Å². The summed E-state index contributed by atoms with van der Waals surface area (Å²) in [6.45, 7) is 1.88. The van der Waals surface area contributed by atoms with Crippen molar-refractivity contribution in [3.05, 3.63) is 69.0 Å². The van der Waals surface area contributed by atoms with Gasteiger partial charge in [-0.05, 0) is 46.1 Å². The number of rotatable bonds is 5. The SMILES string of the molecule is CCc1cccc(C(=O)NNC(=O)OC)c1NC(=O)c1cc(Br)nn1-c1ncccc1Cl. The summed E-state index contributed by atoms with van der Waals surface area (Å²) in [6.07, 6.45) is 1.23. The van der Waals surface area contributed by atoms with E-state index in [1.54, 1.807) is 24.3 Å². The third-order valence-corrected chi connectivity index (χ3v) is 5.01. The first-order chi connectivity index (χ1) is 15.3. The molecule has 166 valence electrons. The lowest BCUT2D eigenvalue weighted by molar-refractivity contribution is 0.0921. The Labute approximate surface area is 196 Å². The lowest BCUT2D eigenvalue weighted by Crippen LogP contribution is -2.41. The molecular formula is C20H18BrClN6O4. The quantitative estimate of drug-likeness (QED) is 0.441. The maximum absolute atomic E-state index is 13.2. The minimum atomic E-state index is -0.837. The van der Waals surface area contributed by atoms with E-state index in [9.17, 15) is 14.4 Å². The first-order valence-electron chi connectivity index (χ1n) is 9.29. The summed E-state index contributed by atoms with van der Waals surface area (Å²) in [6, 6.07) is 9.78. The number of halogens is 2. The highest BCUT2D eigenvalue weighted by molar-refractivity contribution is 9.10. The molecule has 3 amide bonds. The second-order valence-corrected chi connectivity index (χ2v) is 7.51. The third kappa shape index (κ3) is 5.06. The zero-order valence-corrected chi connectivity index (χ0v) is 19.3. The molecule has 0 unspecified atom stereocenters. The molecule has 3 rings (SSSR count). The summed E-state index contributed by atoms with van der Waals surface area (Å²) < 4.78 is 6.13. The Balaban J connectivity index is 1.96. The van der Waals surface area contributed by atoms with Crippen LogP contribution in [0.15, 0.2) is 47.2 Å². The van der Waals surface area contributed by atoms with Gasteiger partial charge in [0.1, 0.15) is 10.3 Å². The molecule has 0 radical (unpaired) electrons. The lowest BCUT2D eigenvalue weighted by atomic mass is 10.0. The molecule has 0 fully saturated rings. The van der Waals surface area contributed by atoms with Gasteiger partial charge in [0.25, 0.3) is 11.8 Å². The van der Waals surface area contributed by atoms with Crippen LogP contribution in [0, 0.1) is 0 Å².